The Hall–Kier alpha value is -0.800. The van der Waals surface area contributed by atoms with E-state index in [1.165, 1.54) is 11.1 Å². The Morgan fingerprint density at radius 2 is 2.15 bits per heavy atom. The van der Waals surface area contributed by atoms with E-state index in [0.29, 0.717) is 0 Å². The number of nitrogens with zero attached hydrogens (tertiary/aromatic N) is 1. The lowest BCUT2D eigenvalue weighted by atomic mass is 10.2. The third-order valence-electron chi connectivity index (χ3n) is 2.57. The van der Waals surface area contributed by atoms with Crippen molar-refractivity contribution in [2.24, 2.45) is 0 Å². The van der Waals surface area contributed by atoms with Crippen LogP contribution in [0.15, 0.2) is 16.9 Å². The van der Waals surface area contributed by atoms with E-state index >= 15 is 0 Å². The normalized spacial score (nSPS) is 19.2. The number of hydrogen-bond acceptors (Lipinski definition) is 3. The molecule has 3 heteroatoms. The number of hydrogen-bond donors (Lipinski definition) is 1. The minimum absolute atomic E-state index is 1.03. The molecule has 1 N–H and O–H groups in total. The summed E-state index contributed by atoms with van der Waals surface area (Å²) < 4.78 is 5.14. The van der Waals surface area contributed by atoms with Gasteiger partial charge in [0.25, 0.3) is 0 Å². The van der Waals surface area contributed by atoms with E-state index in [9.17, 15) is 0 Å². The fraction of sp³-hybridized carbons (Fsp3) is 0.600. The smallest absolute Gasteiger partial charge is 0.0950 e. The molecule has 1 fully saturated rings. The summed E-state index contributed by atoms with van der Waals surface area (Å²) in [5.41, 5.74) is 2.58. The van der Waals surface area contributed by atoms with Gasteiger partial charge in [-0.15, -0.1) is 0 Å². The molecule has 1 aliphatic heterocycles. The molecule has 0 unspecified atom stereocenters. The first-order chi connectivity index (χ1) is 6.36. The second kappa shape index (κ2) is 3.94. The summed E-state index contributed by atoms with van der Waals surface area (Å²) >= 11 is 0. The van der Waals surface area contributed by atoms with Crippen LogP contribution in [0.4, 0.5) is 0 Å². The molecule has 2 rings (SSSR count). The molecule has 3 nitrogen and oxygen atoms in total. The summed E-state index contributed by atoms with van der Waals surface area (Å²) in [7, 11) is 0. The summed E-state index contributed by atoms with van der Waals surface area (Å²) in [5.74, 6) is 0. The molecule has 13 heavy (non-hydrogen) atoms. The first kappa shape index (κ1) is 8.78. The largest absolute Gasteiger partial charge is 0.472 e. The van der Waals surface area contributed by atoms with Crippen molar-refractivity contribution in [2.45, 2.75) is 13.5 Å². The van der Waals surface area contributed by atoms with Crippen LogP contribution in [0.2, 0.25) is 0 Å². The van der Waals surface area contributed by atoms with E-state index in [1.54, 1.807) is 0 Å². The van der Waals surface area contributed by atoms with Crippen molar-refractivity contribution in [3.05, 3.63) is 23.7 Å². The summed E-state index contributed by atoms with van der Waals surface area (Å²) in [6.07, 6.45) is 3.68. The van der Waals surface area contributed by atoms with Crippen LogP contribution in [-0.4, -0.2) is 31.1 Å². The van der Waals surface area contributed by atoms with Gasteiger partial charge in [0.2, 0.25) is 0 Å². The summed E-state index contributed by atoms with van der Waals surface area (Å²) in [6, 6.07) is 0. The summed E-state index contributed by atoms with van der Waals surface area (Å²) in [4.78, 5) is 2.45. The Kier molecular flexibility index (Phi) is 2.66. The molecule has 0 atom stereocenters. The van der Waals surface area contributed by atoms with E-state index in [1.807, 2.05) is 12.5 Å². The van der Waals surface area contributed by atoms with Crippen LogP contribution in [-0.2, 0) is 6.54 Å². The van der Waals surface area contributed by atoms with Gasteiger partial charge in [-0.3, -0.25) is 4.90 Å². The molecule has 0 spiro atoms. The van der Waals surface area contributed by atoms with Crippen LogP contribution >= 0.6 is 0 Å². The monoisotopic (exact) mass is 180 g/mol. The van der Waals surface area contributed by atoms with Gasteiger partial charge in [0.1, 0.15) is 0 Å². The number of piperazine rings is 1. The van der Waals surface area contributed by atoms with Gasteiger partial charge in [0.05, 0.1) is 12.5 Å². The Morgan fingerprint density at radius 3 is 2.77 bits per heavy atom. The van der Waals surface area contributed by atoms with Crippen molar-refractivity contribution in [2.75, 3.05) is 26.2 Å². The van der Waals surface area contributed by atoms with Gasteiger partial charge < -0.3 is 9.73 Å². The average molecular weight is 180 g/mol. The van der Waals surface area contributed by atoms with Crippen LogP contribution in [0.5, 0.6) is 0 Å². The molecule has 0 radical (unpaired) electrons. The predicted octanol–water partition coefficient (Wildman–Crippen LogP) is 0.993. The minimum Gasteiger partial charge on any atom is -0.472 e. The van der Waals surface area contributed by atoms with Crippen molar-refractivity contribution in [1.29, 1.82) is 0 Å². The fourth-order valence-electron chi connectivity index (χ4n) is 1.66. The zero-order valence-electron chi connectivity index (χ0n) is 8.05. The topological polar surface area (TPSA) is 28.4 Å². The highest BCUT2D eigenvalue weighted by molar-refractivity contribution is 5.18. The maximum atomic E-state index is 5.14. The summed E-state index contributed by atoms with van der Waals surface area (Å²) in [6.45, 7) is 7.63. The molecule has 1 saturated heterocycles. The molecule has 0 aliphatic carbocycles. The number of rotatable bonds is 2. The molecule has 0 aromatic carbocycles. The van der Waals surface area contributed by atoms with Gasteiger partial charge >= 0.3 is 0 Å². The van der Waals surface area contributed by atoms with Crippen LogP contribution in [0.25, 0.3) is 0 Å². The van der Waals surface area contributed by atoms with Crippen molar-refractivity contribution in [3.63, 3.8) is 0 Å². The van der Waals surface area contributed by atoms with Crippen molar-refractivity contribution < 1.29 is 4.42 Å². The average Bonchev–Trinajstić information content (AvgIpc) is 2.54. The second-order valence-corrected chi connectivity index (χ2v) is 3.61. The van der Waals surface area contributed by atoms with Crippen molar-refractivity contribution in [3.8, 4) is 0 Å². The summed E-state index contributed by atoms with van der Waals surface area (Å²) in [5, 5.41) is 3.34. The minimum atomic E-state index is 1.03. The van der Waals surface area contributed by atoms with E-state index in [4.69, 9.17) is 4.42 Å². The maximum Gasteiger partial charge on any atom is 0.0950 e. The Bertz CT molecular complexity index is 264. The van der Waals surface area contributed by atoms with E-state index in [0.717, 1.165) is 32.7 Å². The maximum absolute atomic E-state index is 5.14. The Labute approximate surface area is 78.7 Å². The van der Waals surface area contributed by atoms with Gasteiger partial charge in [-0.2, -0.15) is 0 Å². The van der Waals surface area contributed by atoms with Gasteiger partial charge in [-0.25, -0.2) is 0 Å². The van der Waals surface area contributed by atoms with Crippen LogP contribution in [0.1, 0.15) is 11.1 Å². The van der Waals surface area contributed by atoms with E-state index in [-0.39, 0.29) is 0 Å². The third-order valence-corrected chi connectivity index (χ3v) is 2.57. The molecule has 0 amide bonds. The molecule has 72 valence electrons. The van der Waals surface area contributed by atoms with Crippen LogP contribution in [0, 0.1) is 6.92 Å². The Balaban J connectivity index is 1.93. The highest BCUT2D eigenvalue weighted by Crippen LogP contribution is 2.11. The van der Waals surface area contributed by atoms with Crippen LogP contribution < -0.4 is 5.32 Å². The quantitative estimate of drug-likeness (QED) is 0.735. The van der Waals surface area contributed by atoms with Gasteiger partial charge in [-0.1, -0.05) is 0 Å². The lowest BCUT2D eigenvalue weighted by molar-refractivity contribution is 0.232. The Morgan fingerprint density at radius 1 is 1.38 bits per heavy atom. The molecular weight excluding hydrogens is 164 g/mol. The second-order valence-electron chi connectivity index (χ2n) is 3.61. The van der Waals surface area contributed by atoms with Gasteiger partial charge in [0, 0.05) is 38.3 Å². The number of nitrogens with one attached hydrogen (secondary N) is 1. The molecule has 1 aromatic rings. The fourth-order valence-corrected chi connectivity index (χ4v) is 1.66. The first-order valence-electron chi connectivity index (χ1n) is 4.81. The van der Waals surface area contributed by atoms with Crippen molar-refractivity contribution in [1.82, 2.24) is 10.2 Å². The van der Waals surface area contributed by atoms with E-state index in [2.05, 4.69) is 17.1 Å². The predicted molar refractivity (Wildman–Crippen MR) is 51.6 cm³/mol. The third kappa shape index (κ3) is 2.11. The van der Waals surface area contributed by atoms with Crippen LogP contribution in [0.3, 0.4) is 0 Å². The highest BCUT2D eigenvalue weighted by Gasteiger charge is 2.11. The van der Waals surface area contributed by atoms with Gasteiger partial charge in [-0.05, 0) is 12.5 Å². The molecule has 0 saturated carbocycles. The molecule has 2 heterocycles. The van der Waals surface area contributed by atoms with Gasteiger partial charge in [0.15, 0.2) is 0 Å². The van der Waals surface area contributed by atoms with Crippen molar-refractivity contribution >= 4 is 0 Å². The zero-order chi connectivity index (χ0) is 9.10. The molecule has 1 aliphatic rings. The first-order valence-corrected chi connectivity index (χ1v) is 4.81. The SMILES string of the molecule is Cc1cocc1CN1CCNCC1. The molecule has 1 aromatic heterocycles. The molecule has 0 bridgehead atoms. The number of aryl methyl sites for hydroxylation is 1. The highest BCUT2D eigenvalue weighted by atomic mass is 16.3. The zero-order valence-corrected chi connectivity index (χ0v) is 8.05. The number of furan rings is 1. The van der Waals surface area contributed by atoms with E-state index < -0.39 is 0 Å². The molecular formula is C10H16N2O. The standard InChI is InChI=1S/C10H16N2O/c1-9-7-13-8-10(9)6-12-4-2-11-3-5-12/h7-8,11H,2-6H2,1H3. The lowest BCUT2D eigenvalue weighted by Crippen LogP contribution is -2.42. The lowest BCUT2D eigenvalue weighted by Gasteiger charge is -2.26.